The van der Waals surface area contributed by atoms with Crippen LogP contribution in [-0.2, 0) is 0 Å². The molecule has 0 spiro atoms. The van der Waals surface area contributed by atoms with Gasteiger partial charge in [0.15, 0.2) is 0 Å². The first-order valence-corrected chi connectivity index (χ1v) is 5.76. The maximum atomic E-state index is 12.9. The summed E-state index contributed by atoms with van der Waals surface area (Å²) in [6.45, 7) is 3.70. The fourth-order valence-corrected chi connectivity index (χ4v) is 1.94. The molecule has 0 heterocycles. The van der Waals surface area contributed by atoms with Gasteiger partial charge in [0.1, 0.15) is 5.83 Å². The maximum Gasteiger partial charge on any atom is 0.118 e. The fourth-order valence-electron chi connectivity index (χ4n) is 1.94. The third-order valence-electron chi connectivity index (χ3n) is 3.03. The van der Waals surface area contributed by atoms with E-state index in [1.54, 1.807) is 18.2 Å². The lowest BCUT2D eigenvalue weighted by Crippen LogP contribution is -2.15. The quantitative estimate of drug-likeness (QED) is 0.616. The van der Waals surface area contributed by atoms with E-state index in [9.17, 15) is 4.39 Å². The van der Waals surface area contributed by atoms with Crippen LogP contribution in [0.5, 0.6) is 0 Å². The van der Waals surface area contributed by atoms with Gasteiger partial charge in [0.25, 0.3) is 0 Å². The van der Waals surface area contributed by atoms with Crippen molar-refractivity contribution in [3.05, 3.63) is 60.0 Å². The number of benzene rings is 1. The van der Waals surface area contributed by atoms with Crippen LogP contribution in [0.1, 0.15) is 17.5 Å². The summed E-state index contributed by atoms with van der Waals surface area (Å²) in [7, 11) is 0. The molecule has 92 valence electrons. The Kier molecular flexibility index (Phi) is 3.42. The van der Waals surface area contributed by atoms with Crippen molar-refractivity contribution in [2.45, 2.75) is 6.42 Å². The van der Waals surface area contributed by atoms with E-state index in [0.717, 1.165) is 5.56 Å². The number of halogens is 1. The maximum absolute atomic E-state index is 12.9. The zero-order chi connectivity index (χ0) is 13.1. The molecular formula is C15H15FN2. The van der Waals surface area contributed by atoms with Crippen molar-refractivity contribution in [1.82, 2.24) is 0 Å². The Bertz CT molecular complexity index is 556. The molecule has 1 atom stereocenters. The molecule has 2 rings (SSSR count). The van der Waals surface area contributed by atoms with Gasteiger partial charge in [-0.05, 0) is 36.3 Å². The SMILES string of the molecule is C=Cc1ccc(N)c(C(=N)C2C=CC(F)=CC2)c1. The molecule has 0 amide bonds. The highest BCUT2D eigenvalue weighted by Crippen LogP contribution is 2.25. The van der Waals surface area contributed by atoms with Crippen LogP contribution in [0, 0.1) is 11.3 Å². The van der Waals surface area contributed by atoms with Crippen molar-refractivity contribution in [2.75, 3.05) is 5.73 Å². The van der Waals surface area contributed by atoms with Gasteiger partial charge < -0.3 is 11.1 Å². The van der Waals surface area contributed by atoms with Gasteiger partial charge in [-0.15, -0.1) is 0 Å². The van der Waals surface area contributed by atoms with Crippen molar-refractivity contribution in [3.8, 4) is 0 Å². The lowest BCUT2D eigenvalue weighted by Gasteiger charge is -2.17. The van der Waals surface area contributed by atoms with Crippen molar-refractivity contribution in [1.29, 1.82) is 5.41 Å². The monoisotopic (exact) mass is 242 g/mol. The summed E-state index contributed by atoms with van der Waals surface area (Å²) in [6.07, 6.45) is 6.81. The topological polar surface area (TPSA) is 49.9 Å². The van der Waals surface area contributed by atoms with Crippen LogP contribution in [-0.4, -0.2) is 5.71 Å². The van der Waals surface area contributed by atoms with Gasteiger partial charge in [0.2, 0.25) is 0 Å². The summed E-state index contributed by atoms with van der Waals surface area (Å²) in [5.41, 5.74) is 8.48. The second kappa shape index (κ2) is 5.00. The van der Waals surface area contributed by atoms with Crippen LogP contribution in [0.25, 0.3) is 6.08 Å². The van der Waals surface area contributed by atoms with Crippen LogP contribution in [0.2, 0.25) is 0 Å². The number of nitrogen functional groups attached to an aromatic ring is 1. The first-order valence-electron chi connectivity index (χ1n) is 5.76. The van der Waals surface area contributed by atoms with Crippen molar-refractivity contribution in [3.63, 3.8) is 0 Å². The highest BCUT2D eigenvalue weighted by Gasteiger charge is 2.17. The molecule has 1 aromatic carbocycles. The minimum Gasteiger partial charge on any atom is -0.398 e. The van der Waals surface area contributed by atoms with Crippen LogP contribution in [0.4, 0.5) is 10.1 Å². The van der Waals surface area contributed by atoms with Crippen molar-refractivity contribution >= 4 is 17.5 Å². The Balaban J connectivity index is 2.29. The zero-order valence-corrected chi connectivity index (χ0v) is 9.99. The van der Waals surface area contributed by atoms with Gasteiger partial charge in [0, 0.05) is 22.9 Å². The number of anilines is 1. The van der Waals surface area contributed by atoms with Gasteiger partial charge in [-0.25, -0.2) is 4.39 Å². The Hall–Kier alpha value is -2.16. The van der Waals surface area contributed by atoms with E-state index in [-0.39, 0.29) is 11.7 Å². The van der Waals surface area contributed by atoms with Crippen LogP contribution in [0.3, 0.4) is 0 Å². The summed E-state index contributed by atoms with van der Waals surface area (Å²) in [6, 6.07) is 5.46. The van der Waals surface area contributed by atoms with E-state index < -0.39 is 0 Å². The van der Waals surface area contributed by atoms with Gasteiger partial charge >= 0.3 is 0 Å². The lowest BCUT2D eigenvalue weighted by atomic mass is 9.89. The molecule has 1 aliphatic rings. The minimum atomic E-state index is -0.244. The standard InChI is InChI=1S/C15H15FN2/c1-2-10-3-8-14(17)13(9-10)15(18)11-4-6-12(16)7-5-11/h2-4,6-9,11,18H,1,5,17H2. The van der Waals surface area contributed by atoms with Crippen molar-refractivity contribution in [2.24, 2.45) is 5.92 Å². The summed E-state index contributed by atoms with van der Waals surface area (Å²) >= 11 is 0. The Morgan fingerprint density at radius 2 is 2.28 bits per heavy atom. The van der Waals surface area contributed by atoms with Gasteiger partial charge in [-0.2, -0.15) is 0 Å². The molecule has 18 heavy (non-hydrogen) atoms. The molecule has 1 unspecified atom stereocenters. The van der Waals surface area contributed by atoms with E-state index >= 15 is 0 Å². The molecule has 0 aromatic heterocycles. The average molecular weight is 242 g/mol. The molecule has 0 fully saturated rings. The summed E-state index contributed by atoms with van der Waals surface area (Å²) in [5, 5.41) is 8.19. The summed E-state index contributed by atoms with van der Waals surface area (Å²) in [4.78, 5) is 0. The molecule has 0 saturated heterocycles. The molecular weight excluding hydrogens is 227 g/mol. The van der Waals surface area contributed by atoms with Gasteiger partial charge in [0.05, 0.1) is 0 Å². The largest absolute Gasteiger partial charge is 0.398 e. The summed E-state index contributed by atoms with van der Waals surface area (Å²) < 4.78 is 12.9. The third kappa shape index (κ3) is 2.40. The zero-order valence-electron chi connectivity index (χ0n) is 9.99. The highest BCUT2D eigenvalue weighted by molar-refractivity contribution is 6.05. The first kappa shape index (κ1) is 12.3. The smallest absolute Gasteiger partial charge is 0.118 e. The second-order valence-electron chi connectivity index (χ2n) is 4.25. The Labute approximate surface area is 106 Å². The molecule has 0 radical (unpaired) electrons. The number of hydrogen-bond donors (Lipinski definition) is 2. The van der Waals surface area contributed by atoms with Crippen molar-refractivity contribution < 1.29 is 4.39 Å². The van der Waals surface area contributed by atoms with Gasteiger partial charge in [-0.1, -0.05) is 24.8 Å². The Morgan fingerprint density at radius 3 is 2.89 bits per heavy atom. The van der Waals surface area contributed by atoms with Crippen LogP contribution >= 0.6 is 0 Å². The van der Waals surface area contributed by atoms with Gasteiger partial charge in [-0.3, -0.25) is 0 Å². The number of nitrogens with one attached hydrogen (secondary N) is 1. The predicted octanol–water partition coefficient (Wildman–Crippen LogP) is 3.71. The molecule has 3 N–H and O–H groups in total. The Morgan fingerprint density at radius 1 is 1.50 bits per heavy atom. The van der Waals surface area contributed by atoms with E-state index in [0.29, 0.717) is 23.4 Å². The van der Waals surface area contributed by atoms with E-state index in [1.165, 1.54) is 12.2 Å². The number of rotatable bonds is 3. The third-order valence-corrected chi connectivity index (χ3v) is 3.03. The first-order chi connectivity index (χ1) is 8.61. The van der Waals surface area contributed by atoms with Crippen LogP contribution < -0.4 is 5.73 Å². The fraction of sp³-hybridized carbons (Fsp3) is 0.133. The molecule has 1 aliphatic carbocycles. The normalized spacial score (nSPS) is 18.3. The minimum absolute atomic E-state index is 0.119. The molecule has 0 saturated carbocycles. The predicted molar refractivity (Wildman–Crippen MR) is 74.2 cm³/mol. The van der Waals surface area contributed by atoms with E-state index in [2.05, 4.69) is 6.58 Å². The molecule has 0 aliphatic heterocycles. The molecule has 0 bridgehead atoms. The average Bonchev–Trinajstić information content (AvgIpc) is 2.39. The lowest BCUT2D eigenvalue weighted by molar-refractivity contribution is 0.643. The van der Waals surface area contributed by atoms with E-state index in [4.69, 9.17) is 11.1 Å². The molecule has 2 nitrogen and oxygen atoms in total. The molecule has 1 aromatic rings. The number of allylic oxidation sites excluding steroid dienone is 4. The second-order valence-corrected chi connectivity index (χ2v) is 4.25. The highest BCUT2D eigenvalue weighted by atomic mass is 19.1. The summed E-state index contributed by atoms with van der Waals surface area (Å²) in [5.74, 6) is -0.362. The van der Waals surface area contributed by atoms with E-state index in [1.807, 2.05) is 12.1 Å². The van der Waals surface area contributed by atoms with Crippen LogP contribution in [0.15, 0.2) is 48.8 Å². The number of hydrogen-bond acceptors (Lipinski definition) is 2. The number of nitrogens with two attached hydrogens (primary N) is 1. The molecule has 3 heteroatoms.